The fourth-order valence-electron chi connectivity index (χ4n) is 7.40. The first-order chi connectivity index (χ1) is 12.2. The van der Waals surface area contributed by atoms with Crippen molar-refractivity contribution in [2.75, 3.05) is 19.8 Å². The zero-order valence-corrected chi connectivity index (χ0v) is 16.2. The summed E-state index contributed by atoms with van der Waals surface area (Å²) < 4.78 is 24.5. The molecule has 1 aliphatic carbocycles. The first-order valence-corrected chi connectivity index (χ1v) is 10.1. The molecule has 2 N–H and O–H groups in total. The molecule has 10 atom stereocenters. The number of hydrogen-bond donors (Lipinski definition) is 2. The van der Waals surface area contributed by atoms with Crippen LogP contribution in [0.1, 0.15) is 40.5 Å². The molecule has 0 bridgehead atoms. The van der Waals surface area contributed by atoms with E-state index in [0.717, 1.165) is 12.8 Å². The van der Waals surface area contributed by atoms with Gasteiger partial charge >= 0.3 is 0 Å². The molecular formula is C20H32O6. The third kappa shape index (κ3) is 1.84. The number of aliphatic hydroxyl groups is 2. The maximum Gasteiger partial charge on any atom is 0.164 e. The van der Waals surface area contributed by atoms with Gasteiger partial charge in [0, 0.05) is 17.9 Å². The van der Waals surface area contributed by atoms with Crippen LogP contribution in [-0.4, -0.2) is 66.8 Å². The molecule has 1 spiro atoms. The molecule has 26 heavy (non-hydrogen) atoms. The summed E-state index contributed by atoms with van der Waals surface area (Å²) in [5, 5.41) is 23.1. The highest BCUT2D eigenvalue weighted by Gasteiger charge is 2.86. The zero-order chi connectivity index (χ0) is 18.5. The minimum absolute atomic E-state index is 0.0636. The molecule has 4 aliphatic heterocycles. The molecule has 4 heterocycles. The van der Waals surface area contributed by atoms with Gasteiger partial charge < -0.3 is 29.2 Å². The first kappa shape index (κ1) is 17.8. The topological polar surface area (TPSA) is 77.4 Å². The quantitative estimate of drug-likeness (QED) is 0.766. The molecule has 148 valence electrons. The summed E-state index contributed by atoms with van der Waals surface area (Å²) in [4.78, 5) is 0. The van der Waals surface area contributed by atoms with E-state index in [9.17, 15) is 10.2 Å². The van der Waals surface area contributed by atoms with Crippen molar-refractivity contribution in [1.29, 1.82) is 0 Å². The van der Waals surface area contributed by atoms with E-state index in [0.29, 0.717) is 25.7 Å². The molecular weight excluding hydrogens is 336 g/mol. The van der Waals surface area contributed by atoms with E-state index in [1.54, 1.807) is 0 Å². The van der Waals surface area contributed by atoms with Crippen LogP contribution in [0.25, 0.3) is 0 Å². The van der Waals surface area contributed by atoms with E-state index in [1.807, 2.05) is 0 Å². The molecule has 0 aromatic heterocycles. The third-order valence-corrected chi connectivity index (χ3v) is 7.94. The molecule has 5 aliphatic rings. The Morgan fingerprint density at radius 3 is 2.54 bits per heavy atom. The summed E-state index contributed by atoms with van der Waals surface area (Å²) in [6.07, 6.45) is -1.05. The molecule has 6 heteroatoms. The SMILES string of the molecule is C[C@@H]1COC([C@H](O)C23C4COC2[C@H](O)[C@@H](C(C)(C)C)C32CCOC2O4)C1. The maximum absolute atomic E-state index is 11.7. The molecule has 4 saturated heterocycles. The van der Waals surface area contributed by atoms with Gasteiger partial charge in [0.15, 0.2) is 6.29 Å². The second-order valence-electron chi connectivity index (χ2n) is 10.3. The van der Waals surface area contributed by atoms with Crippen molar-refractivity contribution in [3.05, 3.63) is 0 Å². The van der Waals surface area contributed by atoms with Gasteiger partial charge in [-0.3, -0.25) is 0 Å². The van der Waals surface area contributed by atoms with Crippen molar-refractivity contribution in [3.63, 3.8) is 0 Å². The molecule has 1 saturated carbocycles. The van der Waals surface area contributed by atoms with Crippen LogP contribution in [0, 0.1) is 28.1 Å². The maximum atomic E-state index is 11.7. The lowest BCUT2D eigenvalue weighted by Crippen LogP contribution is -2.59. The highest BCUT2D eigenvalue weighted by Crippen LogP contribution is 2.75. The van der Waals surface area contributed by atoms with Crippen molar-refractivity contribution in [1.82, 2.24) is 0 Å². The Kier molecular flexibility index (Phi) is 3.72. The Morgan fingerprint density at radius 1 is 1.12 bits per heavy atom. The molecule has 0 aromatic carbocycles. The summed E-state index contributed by atoms with van der Waals surface area (Å²) in [7, 11) is 0. The van der Waals surface area contributed by atoms with Gasteiger partial charge in [-0.1, -0.05) is 27.7 Å². The minimum Gasteiger partial charge on any atom is -0.390 e. The molecule has 5 rings (SSSR count). The van der Waals surface area contributed by atoms with Crippen LogP contribution in [0.3, 0.4) is 0 Å². The Morgan fingerprint density at radius 2 is 1.88 bits per heavy atom. The zero-order valence-electron chi connectivity index (χ0n) is 16.2. The fourth-order valence-corrected chi connectivity index (χ4v) is 7.40. The molecule has 0 aromatic rings. The predicted octanol–water partition coefficient (Wildman–Crippen LogP) is 1.33. The summed E-state index contributed by atoms with van der Waals surface area (Å²) in [6, 6.07) is 0. The van der Waals surface area contributed by atoms with Crippen molar-refractivity contribution in [2.24, 2.45) is 28.1 Å². The van der Waals surface area contributed by atoms with Gasteiger partial charge in [-0.2, -0.15) is 0 Å². The lowest BCUT2D eigenvalue weighted by molar-refractivity contribution is -0.160. The fraction of sp³-hybridized carbons (Fsp3) is 1.00. The number of hydrogen-bond acceptors (Lipinski definition) is 6. The average molecular weight is 368 g/mol. The van der Waals surface area contributed by atoms with E-state index in [4.69, 9.17) is 18.9 Å². The first-order valence-electron chi connectivity index (χ1n) is 10.1. The van der Waals surface area contributed by atoms with E-state index >= 15 is 0 Å². The summed E-state index contributed by atoms with van der Waals surface area (Å²) in [5.74, 6) is 0.370. The van der Waals surface area contributed by atoms with E-state index in [-0.39, 0.29) is 29.8 Å². The van der Waals surface area contributed by atoms with Crippen molar-refractivity contribution < 1.29 is 29.2 Å². The molecule has 0 amide bonds. The van der Waals surface area contributed by atoms with Gasteiger partial charge in [0.25, 0.3) is 0 Å². The van der Waals surface area contributed by atoms with Gasteiger partial charge in [0.05, 0.1) is 49.1 Å². The summed E-state index contributed by atoms with van der Waals surface area (Å²) in [5.41, 5.74) is -1.26. The van der Waals surface area contributed by atoms with Crippen molar-refractivity contribution in [2.45, 2.75) is 77.3 Å². The van der Waals surface area contributed by atoms with Crippen LogP contribution in [0.2, 0.25) is 0 Å². The molecule has 6 unspecified atom stereocenters. The average Bonchev–Trinajstić information content (AvgIpc) is 3.27. The second-order valence-corrected chi connectivity index (χ2v) is 10.3. The molecule has 5 fully saturated rings. The van der Waals surface area contributed by atoms with Crippen molar-refractivity contribution in [3.8, 4) is 0 Å². The van der Waals surface area contributed by atoms with Crippen molar-refractivity contribution >= 4 is 0 Å². The lowest BCUT2D eigenvalue weighted by Gasteiger charge is -2.48. The van der Waals surface area contributed by atoms with Crippen LogP contribution < -0.4 is 0 Å². The van der Waals surface area contributed by atoms with Crippen LogP contribution in [-0.2, 0) is 18.9 Å². The largest absolute Gasteiger partial charge is 0.390 e. The van der Waals surface area contributed by atoms with E-state index < -0.39 is 29.1 Å². The second kappa shape index (κ2) is 5.43. The summed E-state index contributed by atoms with van der Waals surface area (Å²) >= 11 is 0. The Hall–Kier alpha value is -0.240. The van der Waals surface area contributed by atoms with Gasteiger partial charge in [-0.05, 0) is 24.2 Å². The minimum atomic E-state index is -0.723. The standard InChI is InChI=1S/C20H32O6/c1-10-7-11(24-8-10)15(22)20-12-9-25-16(20)13(21)14(18(2,3)4)19(20)5-6-23-17(19)26-12/h10-17,21-22H,5-9H2,1-4H3/t10-,11?,12?,13+,14-,15-,16?,17?,19?,20?/m0/s1. The van der Waals surface area contributed by atoms with E-state index in [1.165, 1.54) is 0 Å². The van der Waals surface area contributed by atoms with Gasteiger partial charge in [-0.15, -0.1) is 0 Å². The van der Waals surface area contributed by atoms with Crippen LogP contribution in [0.5, 0.6) is 0 Å². The Bertz CT molecular complexity index is 589. The summed E-state index contributed by atoms with van der Waals surface area (Å²) in [6.45, 7) is 10.3. The highest BCUT2D eigenvalue weighted by atomic mass is 16.7. The normalized spacial score (nSPS) is 56.8. The number of aliphatic hydroxyl groups excluding tert-OH is 2. The molecule has 6 nitrogen and oxygen atoms in total. The highest BCUT2D eigenvalue weighted by molar-refractivity contribution is 5.30. The monoisotopic (exact) mass is 368 g/mol. The third-order valence-electron chi connectivity index (χ3n) is 7.94. The van der Waals surface area contributed by atoms with Gasteiger partial charge in [-0.25, -0.2) is 0 Å². The molecule has 0 radical (unpaired) electrons. The van der Waals surface area contributed by atoms with Gasteiger partial charge in [0.1, 0.15) is 0 Å². The Balaban J connectivity index is 1.67. The van der Waals surface area contributed by atoms with Crippen LogP contribution in [0.15, 0.2) is 0 Å². The number of rotatable bonds is 2. The van der Waals surface area contributed by atoms with Crippen LogP contribution in [0.4, 0.5) is 0 Å². The van der Waals surface area contributed by atoms with Crippen LogP contribution >= 0.6 is 0 Å². The lowest BCUT2D eigenvalue weighted by atomic mass is 9.53. The Labute approximate surface area is 155 Å². The van der Waals surface area contributed by atoms with E-state index in [2.05, 4.69) is 27.7 Å². The number of ether oxygens (including phenoxy) is 4. The smallest absolute Gasteiger partial charge is 0.164 e. The predicted molar refractivity (Wildman–Crippen MR) is 92.3 cm³/mol. The van der Waals surface area contributed by atoms with Gasteiger partial charge in [0.2, 0.25) is 0 Å².